The van der Waals surface area contributed by atoms with E-state index >= 15 is 0 Å². The fourth-order valence-corrected chi connectivity index (χ4v) is 1.66. The maximum absolute atomic E-state index is 11.9. The van der Waals surface area contributed by atoms with Crippen LogP contribution in [0.2, 0.25) is 5.02 Å². The molecule has 0 atom stereocenters. The minimum absolute atomic E-state index is 0.0874. The lowest BCUT2D eigenvalue weighted by molar-refractivity contribution is 0.102. The summed E-state index contributed by atoms with van der Waals surface area (Å²) in [6.07, 6.45) is 0. The van der Waals surface area contributed by atoms with E-state index in [4.69, 9.17) is 17.3 Å². The van der Waals surface area contributed by atoms with Crippen LogP contribution in [0.3, 0.4) is 0 Å². The van der Waals surface area contributed by atoms with E-state index in [9.17, 15) is 9.90 Å². The number of amides is 1. The molecule has 4 nitrogen and oxygen atoms in total. The molecule has 0 bridgehead atoms. The van der Waals surface area contributed by atoms with Crippen LogP contribution in [0.5, 0.6) is 5.75 Å². The fourth-order valence-electron chi connectivity index (χ4n) is 1.49. The molecule has 0 aliphatic rings. The van der Waals surface area contributed by atoms with Gasteiger partial charge < -0.3 is 16.2 Å². The highest BCUT2D eigenvalue weighted by Crippen LogP contribution is 2.24. The maximum Gasteiger partial charge on any atom is 0.259 e. The summed E-state index contributed by atoms with van der Waals surface area (Å²) in [6, 6.07) is 11.0. The van der Waals surface area contributed by atoms with Crippen molar-refractivity contribution in [3.63, 3.8) is 0 Å². The van der Waals surface area contributed by atoms with E-state index < -0.39 is 5.91 Å². The van der Waals surface area contributed by atoms with Crippen LogP contribution >= 0.6 is 11.6 Å². The van der Waals surface area contributed by atoms with Crippen LogP contribution in [-0.2, 0) is 0 Å². The van der Waals surface area contributed by atoms with Crippen molar-refractivity contribution < 1.29 is 9.90 Å². The molecule has 2 aromatic carbocycles. The van der Waals surface area contributed by atoms with Crippen LogP contribution in [0.4, 0.5) is 11.4 Å². The van der Waals surface area contributed by atoms with E-state index in [0.29, 0.717) is 16.4 Å². The number of para-hydroxylation sites is 1. The molecule has 2 aromatic rings. The summed E-state index contributed by atoms with van der Waals surface area (Å²) in [7, 11) is 0. The largest absolute Gasteiger partial charge is 0.507 e. The van der Waals surface area contributed by atoms with Crippen LogP contribution in [0.25, 0.3) is 0 Å². The summed E-state index contributed by atoms with van der Waals surface area (Å²) in [5, 5.41) is 12.6. The zero-order valence-electron chi connectivity index (χ0n) is 9.35. The third-order valence-electron chi connectivity index (χ3n) is 2.41. The van der Waals surface area contributed by atoms with Crippen molar-refractivity contribution in [2.45, 2.75) is 0 Å². The summed E-state index contributed by atoms with van der Waals surface area (Å²) in [5.41, 5.74) is 6.71. The van der Waals surface area contributed by atoms with E-state index in [-0.39, 0.29) is 11.3 Å². The Hall–Kier alpha value is -2.20. The number of anilines is 2. The first-order valence-electron chi connectivity index (χ1n) is 5.22. The number of hydrogen-bond donors (Lipinski definition) is 3. The molecule has 0 saturated carbocycles. The van der Waals surface area contributed by atoms with Crippen LogP contribution in [-0.4, -0.2) is 11.0 Å². The molecule has 1 amide bonds. The second-order valence-corrected chi connectivity index (χ2v) is 4.14. The highest BCUT2D eigenvalue weighted by molar-refractivity contribution is 6.31. The summed E-state index contributed by atoms with van der Waals surface area (Å²) < 4.78 is 0. The molecule has 0 aliphatic heterocycles. The molecule has 5 heteroatoms. The van der Waals surface area contributed by atoms with Crippen molar-refractivity contribution in [1.82, 2.24) is 0 Å². The Morgan fingerprint density at radius 3 is 2.67 bits per heavy atom. The molecule has 18 heavy (non-hydrogen) atoms. The normalized spacial score (nSPS) is 10.1. The molecule has 0 spiro atoms. The van der Waals surface area contributed by atoms with Crippen LogP contribution in [0.1, 0.15) is 10.4 Å². The Morgan fingerprint density at radius 1 is 1.22 bits per heavy atom. The van der Waals surface area contributed by atoms with Gasteiger partial charge in [-0.15, -0.1) is 0 Å². The van der Waals surface area contributed by atoms with Crippen LogP contribution < -0.4 is 11.1 Å². The van der Waals surface area contributed by atoms with Crippen molar-refractivity contribution in [2.24, 2.45) is 0 Å². The van der Waals surface area contributed by atoms with E-state index in [1.807, 2.05) is 0 Å². The summed E-state index contributed by atoms with van der Waals surface area (Å²) in [6.45, 7) is 0. The molecule has 0 radical (unpaired) electrons. The first-order valence-corrected chi connectivity index (χ1v) is 5.60. The number of nitrogens with one attached hydrogen (secondary N) is 1. The molecule has 0 fully saturated rings. The average Bonchev–Trinajstić information content (AvgIpc) is 2.34. The van der Waals surface area contributed by atoms with Crippen LogP contribution in [0.15, 0.2) is 42.5 Å². The van der Waals surface area contributed by atoms with E-state index in [0.717, 1.165) is 0 Å². The molecule has 0 aliphatic carbocycles. The number of benzene rings is 2. The summed E-state index contributed by atoms with van der Waals surface area (Å²) >= 11 is 5.82. The Bertz CT molecular complexity index is 599. The van der Waals surface area contributed by atoms with Crippen molar-refractivity contribution in [3.8, 4) is 5.75 Å². The predicted octanol–water partition coefficient (Wildman–Crippen LogP) is 2.88. The molecule has 0 aromatic heterocycles. The number of carbonyl (C=O) groups is 1. The first-order chi connectivity index (χ1) is 8.58. The number of hydrogen-bond acceptors (Lipinski definition) is 3. The number of nitrogen functional groups attached to an aromatic ring is 1. The van der Waals surface area contributed by atoms with Gasteiger partial charge in [-0.05, 0) is 30.3 Å². The smallest absolute Gasteiger partial charge is 0.259 e. The third kappa shape index (κ3) is 2.55. The molecule has 0 unspecified atom stereocenters. The number of phenolic OH excluding ortho intramolecular Hbond substituents is 1. The Kier molecular flexibility index (Phi) is 3.39. The van der Waals surface area contributed by atoms with Crippen LogP contribution in [0, 0.1) is 0 Å². The molecular formula is C13H11ClN2O2. The lowest BCUT2D eigenvalue weighted by atomic mass is 10.2. The minimum atomic E-state index is -0.443. The van der Waals surface area contributed by atoms with E-state index in [1.165, 1.54) is 12.1 Å². The van der Waals surface area contributed by atoms with Gasteiger partial charge in [-0.25, -0.2) is 0 Å². The molecule has 4 N–H and O–H groups in total. The average molecular weight is 263 g/mol. The van der Waals surface area contributed by atoms with Gasteiger partial charge in [0.15, 0.2) is 0 Å². The Balaban J connectivity index is 2.27. The van der Waals surface area contributed by atoms with Gasteiger partial charge in [-0.1, -0.05) is 23.7 Å². The minimum Gasteiger partial charge on any atom is -0.507 e. The number of rotatable bonds is 2. The second-order valence-electron chi connectivity index (χ2n) is 3.70. The van der Waals surface area contributed by atoms with Crippen molar-refractivity contribution in [1.29, 1.82) is 0 Å². The third-order valence-corrected chi connectivity index (χ3v) is 2.65. The maximum atomic E-state index is 11.9. The van der Waals surface area contributed by atoms with Gasteiger partial charge >= 0.3 is 0 Å². The highest BCUT2D eigenvalue weighted by Gasteiger charge is 2.11. The van der Waals surface area contributed by atoms with Gasteiger partial charge in [0.05, 0.1) is 16.9 Å². The van der Waals surface area contributed by atoms with Gasteiger partial charge in [0.1, 0.15) is 5.75 Å². The standard InChI is InChI=1S/C13H11ClN2O2/c14-8-5-6-10(15)11(7-8)16-13(18)9-3-1-2-4-12(9)17/h1-7,17H,15H2,(H,16,18). The van der Waals surface area contributed by atoms with Crippen molar-refractivity contribution in [3.05, 3.63) is 53.1 Å². The molecule has 2 rings (SSSR count). The molecular weight excluding hydrogens is 252 g/mol. The van der Waals surface area contributed by atoms with Gasteiger partial charge in [0.25, 0.3) is 5.91 Å². The molecule has 0 saturated heterocycles. The highest BCUT2D eigenvalue weighted by atomic mass is 35.5. The van der Waals surface area contributed by atoms with Gasteiger partial charge in [0, 0.05) is 5.02 Å². The lowest BCUT2D eigenvalue weighted by Gasteiger charge is -2.09. The SMILES string of the molecule is Nc1ccc(Cl)cc1NC(=O)c1ccccc1O. The van der Waals surface area contributed by atoms with E-state index in [1.54, 1.807) is 30.3 Å². The second kappa shape index (κ2) is 4.98. The Morgan fingerprint density at radius 2 is 1.94 bits per heavy atom. The summed E-state index contributed by atoms with van der Waals surface area (Å²) in [5.74, 6) is -0.530. The number of halogens is 1. The summed E-state index contributed by atoms with van der Waals surface area (Å²) in [4.78, 5) is 11.9. The molecule has 0 heterocycles. The quantitative estimate of drug-likeness (QED) is 0.729. The topological polar surface area (TPSA) is 75.3 Å². The number of aromatic hydroxyl groups is 1. The zero-order valence-corrected chi connectivity index (χ0v) is 10.1. The van der Waals surface area contributed by atoms with Gasteiger partial charge in [0.2, 0.25) is 0 Å². The van der Waals surface area contributed by atoms with Gasteiger partial charge in [-0.3, -0.25) is 4.79 Å². The monoisotopic (exact) mass is 262 g/mol. The lowest BCUT2D eigenvalue weighted by Crippen LogP contribution is -2.13. The van der Waals surface area contributed by atoms with E-state index in [2.05, 4.69) is 5.32 Å². The number of carbonyl (C=O) groups excluding carboxylic acids is 1. The Labute approximate surface area is 109 Å². The zero-order chi connectivity index (χ0) is 13.1. The van der Waals surface area contributed by atoms with Crippen molar-refractivity contribution in [2.75, 3.05) is 11.1 Å². The van der Waals surface area contributed by atoms with Gasteiger partial charge in [-0.2, -0.15) is 0 Å². The predicted molar refractivity (Wildman–Crippen MR) is 71.9 cm³/mol. The fraction of sp³-hybridized carbons (Fsp3) is 0. The number of nitrogens with two attached hydrogens (primary N) is 1. The first kappa shape index (κ1) is 12.3. The number of phenols is 1. The molecule has 92 valence electrons. The van der Waals surface area contributed by atoms with Crippen molar-refractivity contribution >= 4 is 28.9 Å².